The van der Waals surface area contributed by atoms with Crippen LogP contribution in [0.5, 0.6) is 5.75 Å². The fourth-order valence-corrected chi connectivity index (χ4v) is 3.27. The molecule has 0 saturated carbocycles. The molecule has 2 aromatic rings. The number of hydrogen-bond donors (Lipinski definition) is 1. The third-order valence-electron chi connectivity index (χ3n) is 3.96. The van der Waals surface area contributed by atoms with Crippen LogP contribution < -0.4 is 4.74 Å². The molecule has 0 bridgehead atoms. The second-order valence-electron chi connectivity index (χ2n) is 5.23. The summed E-state index contributed by atoms with van der Waals surface area (Å²) in [5.74, 6) is 0.876. The van der Waals surface area contributed by atoms with Crippen LogP contribution in [0.4, 0.5) is 0 Å². The average Bonchev–Trinajstić information content (AvgIpc) is 2.92. The summed E-state index contributed by atoms with van der Waals surface area (Å²) in [7, 11) is 0. The molecule has 1 aromatic heterocycles. The Hall–Kier alpha value is -1.33. The number of rotatable bonds is 4. The van der Waals surface area contributed by atoms with Crippen LogP contribution in [-0.4, -0.2) is 34.8 Å². The van der Waals surface area contributed by atoms with Gasteiger partial charge in [0.15, 0.2) is 0 Å². The molecular weight excluding hydrogens is 330 g/mol. The highest BCUT2D eigenvalue weighted by molar-refractivity contribution is 9.10. The van der Waals surface area contributed by atoms with Crippen molar-refractivity contribution in [3.63, 3.8) is 0 Å². The zero-order valence-electron chi connectivity index (χ0n) is 12.4. The zero-order valence-corrected chi connectivity index (χ0v) is 14.0. The van der Waals surface area contributed by atoms with E-state index in [0.29, 0.717) is 6.61 Å². The standard InChI is InChI=1S/C16H20BrN3O/c1-3-20-8-7-14-12(10-20)16(19-18-14)11-5-6-15(21-4-2)13(17)9-11/h5-6,9H,3-4,7-8,10H2,1-2H3,(H,18,19). The number of aromatic nitrogens is 2. The van der Waals surface area contributed by atoms with Gasteiger partial charge in [0.2, 0.25) is 0 Å². The Morgan fingerprint density at radius 2 is 2.24 bits per heavy atom. The van der Waals surface area contributed by atoms with Gasteiger partial charge in [0.05, 0.1) is 16.8 Å². The summed E-state index contributed by atoms with van der Waals surface area (Å²) in [6, 6.07) is 6.17. The number of benzene rings is 1. The number of halogens is 1. The monoisotopic (exact) mass is 349 g/mol. The van der Waals surface area contributed by atoms with Gasteiger partial charge in [-0.15, -0.1) is 0 Å². The van der Waals surface area contributed by atoms with E-state index in [2.05, 4.69) is 50.1 Å². The van der Waals surface area contributed by atoms with Gasteiger partial charge in [0, 0.05) is 36.3 Å². The predicted molar refractivity (Wildman–Crippen MR) is 87.5 cm³/mol. The topological polar surface area (TPSA) is 41.1 Å². The Bertz CT molecular complexity index is 638. The van der Waals surface area contributed by atoms with Crippen LogP contribution >= 0.6 is 15.9 Å². The summed E-state index contributed by atoms with van der Waals surface area (Å²) in [5.41, 5.74) is 4.80. The highest BCUT2D eigenvalue weighted by Crippen LogP contribution is 2.33. The minimum Gasteiger partial charge on any atom is -0.493 e. The molecule has 2 heterocycles. The van der Waals surface area contributed by atoms with E-state index in [0.717, 1.165) is 47.5 Å². The van der Waals surface area contributed by atoms with Crippen molar-refractivity contribution >= 4 is 15.9 Å². The molecule has 0 atom stereocenters. The van der Waals surface area contributed by atoms with Crippen molar-refractivity contribution in [1.29, 1.82) is 0 Å². The second kappa shape index (κ2) is 6.20. The fraction of sp³-hybridized carbons (Fsp3) is 0.438. The molecule has 5 heteroatoms. The molecule has 21 heavy (non-hydrogen) atoms. The molecule has 0 fully saturated rings. The lowest BCUT2D eigenvalue weighted by Gasteiger charge is -2.25. The van der Waals surface area contributed by atoms with Crippen molar-refractivity contribution in [3.05, 3.63) is 33.9 Å². The van der Waals surface area contributed by atoms with Crippen molar-refractivity contribution in [2.75, 3.05) is 19.7 Å². The molecule has 1 aliphatic rings. The van der Waals surface area contributed by atoms with Gasteiger partial charge < -0.3 is 4.74 Å². The Morgan fingerprint density at radius 1 is 1.38 bits per heavy atom. The third kappa shape index (κ3) is 2.85. The van der Waals surface area contributed by atoms with Crippen LogP contribution in [0.25, 0.3) is 11.3 Å². The van der Waals surface area contributed by atoms with Crippen LogP contribution in [0.15, 0.2) is 22.7 Å². The van der Waals surface area contributed by atoms with Gasteiger partial charge in [-0.1, -0.05) is 6.92 Å². The van der Waals surface area contributed by atoms with E-state index in [1.54, 1.807) is 0 Å². The number of aromatic amines is 1. The summed E-state index contributed by atoms with van der Waals surface area (Å²) in [4.78, 5) is 2.45. The van der Waals surface area contributed by atoms with Crippen LogP contribution in [-0.2, 0) is 13.0 Å². The average molecular weight is 350 g/mol. The molecule has 0 unspecified atom stereocenters. The third-order valence-corrected chi connectivity index (χ3v) is 4.58. The molecule has 0 aliphatic carbocycles. The molecule has 1 aromatic carbocycles. The Labute approximate surface area is 133 Å². The molecule has 1 N–H and O–H groups in total. The highest BCUT2D eigenvalue weighted by atomic mass is 79.9. The second-order valence-corrected chi connectivity index (χ2v) is 6.08. The summed E-state index contributed by atoms with van der Waals surface area (Å²) in [6.07, 6.45) is 1.05. The summed E-state index contributed by atoms with van der Waals surface area (Å²) >= 11 is 3.58. The minimum absolute atomic E-state index is 0.668. The maximum absolute atomic E-state index is 5.57. The Balaban J connectivity index is 1.95. The first kappa shape index (κ1) is 14.6. The van der Waals surface area contributed by atoms with Crippen molar-refractivity contribution in [2.24, 2.45) is 0 Å². The van der Waals surface area contributed by atoms with Crippen molar-refractivity contribution in [2.45, 2.75) is 26.8 Å². The normalized spacial score (nSPS) is 15.0. The van der Waals surface area contributed by atoms with E-state index in [4.69, 9.17) is 4.74 Å². The largest absolute Gasteiger partial charge is 0.493 e. The van der Waals surface area contributed by atoms with E-state index in [1.165, 1.54) is 11.3 Å². The van der Waals surface area contributed by atoms with Crippen LogP contribution in [0.3, 0.4) is 0 Å². The first-order chi connectivity index (χ1) is 10.2. The molecule has 1 aliphatic heterocycles. The first-order valence-corrected chi connectivity index (χ1v) is 8.23. The molecule has 0 saturated heterocycles. The SMILES string of the molecule is CCOc1ccc(-c2n[nH]c3c2CN(CC)CC3)cc1Br. The smallest absolute Gasteiger partial charge is 0.133 e. The van der Waals surface area contributed by atoms with Crippen molar-refractivity contribution in [3.8, 4) is 17.0 Å². The van der Waals surface area contributed by atoms with Gasteiger partial charge in [-0.25, -0.2) is 0 Å². The van der Waals surface area contributed by atoms with E-state index < -0.39 is 0 Å². The quantitative estimate of drug-likeness (QED) is 0.916. The molecule has 3 rings (SSSR count). The first-order valence-electron chi connectivity index (χ1n) is 7.44. The van der Waals surface area contributed by atoms with Gasteiger partial charge in [-0.05, 0) is 47.6 Å². The van der Waals surface area contributed by atoms with E-state index in [-0.39, 0.29) is 0 Å². The van der Waals surface area contributed by atoms with Gasteiger partial charge in [-0.2, -0.15) is 5.10 Å². The molecule has 0 spiro atoms. The van der Waals surface area contributed by atoms with Crippen molar-refractivity contribution in [1.82, 2.24) is 15.1 Å². The minimum atomic E-state index is 0.668. The number of hydrogen-bond acceptors (Lipinski definition) is 3. The Kier molecular flexibility index (Phi) is 4.31. The predicted octanol–water partition coefficient (Wildman–Crippen LogP) is 3.62. The van der Waals surface area contributed by atoms with Crippen LogP contribution in [0.1, 0.15) is 25.1 Å². The van der Waals surface area contributed by atoms with E-state index in [9.17, 15) is 0 Å². The summed E-state index contributed by atoms with van der Waals surface area (Å²) in [5, 5.41) is 7.75. The lowest BCUT2D eigenvalue weighted by atomic mass is 10.0. The fourth-order valence-electron chi connectivity index (χ4n) is 2.78. The lowest BCUT2D eigenvalue weighted by molar-refractivity contribution is 0.267. The van der Waals surface area contributed by atoms with Gasteiger partial charge in [0.25, 0.3) is 0 Å². The van der Waals surface area contributed by atoms with Gasteiger partial charge >= 0.3 is 0 Å². The summed E-state index contributed by atoms with van der Waals surface area (Å²) < 4.78 is 6.55. The number of likely N-dealkylation sites (N-methyl/N-ethyl adjacent to an activating group) is 1. The van der Waals surface area contributed by atoms with Crippen LogP contribution in [0, 0.1) is 0 Å². The van der Waals surface area contributed by atoms with Crippen molar-refractivity contribution < 1.29 is 4.74 Å². The van der Waals surface area contributed by atoms with E-state index >= 15 is 0 Å². The lowest BCUT2D eigenvalue weighted by Crippen LogP contribution is -2.30. The Morgan fingerprint density at radius 3 is 2.95 bits per heavy atom. The number of fused-ring (bicyclic) bond motifs is 1. The number of H-pyrrole nitrogens is 1. The van der Waals surface area contributed by atoms with Gasteiger partial charge in [0.1, 0.15) is 5.75 Å². The number of ether oxygens (including phenoxy) is 1. The number of nitrogens with one attached hydrogen (secondary N) is 1. The summed E-state index contributed by atoms with van der Waals surface area (Å²) in [6.45, 7) is 8.03. The molecule has 4 nitrogen and oxygen atoms in total. The van der Waals surface area contributed by atoms with Gasteiger partial charge in [-0.3, -0.25) is 10.00 Å². The molecule has 0 radical (unpaired) electrons. The van der Waals surface area contributed by atoms with Crippen LogP contribution in [0.2, 0.25) is 0 Å². The number of nitrogens with zero attached hydrogens (tertiary/aromatic N) is 2. The molecule has 112 valence electrons. The maximum atomic E-state index is 5.57. The molecular formula is C16H20BrN3O. The highest BCUT2D eigenvalue weighted by Gasteiger charge is 2.22. The van der Waals surface area contributed by atoms with E-state index in [1.807, 2.05) is 13.0 Å². The molecule has 0 amide bonds. The zero-order chi connectivity index (χ0) is 14.8. The maximum Gasteiger partial charge on any atom is 0.133 e.